The van der Waals surface area contributed by atoms with Crippen molar-refractivity contribution in [1.29, 1.82) is 0 Å². The molecule has 7 heteroatoms. The third-order valence-electron chi connectivity index (χ3n) is 2.90. The number of hydrogen-bond acceptors (Lipinski definition) is 5. The van der Waals surface area contributed by atoms with Gasteiger partial charge in [0.05, 0.1) is 17.6 Å². The molecule has 1 N–H and O–H groups in total. The van der Waals surface area contributed by atoms with Gasteiger partial charge in [0.1, 0.15) is 0 Å². The third kappa shape index (κ3) is 3.45. The van der Waals surface area contributed by atoms with Gasteiger partial charge in [-0.25, -0.2) is 4.79 Å². The number of amides is 1. The van der Waals surface area contributed by atoms with Crippen LogP contribution in [0.3, 0.4) is 0 Å². The molecule has 0 aliphatic carbocycles. The molecule has 0 atom stereocenters. The Morgan fingerprint density at radius 2 is 1.55 bits per heavy atom. The molecule has 2 aromatic rings. The molecule has 0 aliphatic rings. The summed E-state index contributed by atoms with van der Waals surface area (Å²) in [6, 6.07) is 11.4. The highest BCUT2D eigenvalue weighted by Crippen LogP contribution is 2.15. The van der Waals surface area contributed by atoms with Gasteiger partial charge in [-0.15, -0.1) is 0 Å². The molecule has 0 bridgehead atoms. The quantitative estimate of drug-likeness (QED) is 0.531. The fourth-order valence-corrected chi connectivity index (χ4v) is 1.75. The van der Waals surface area contributed by atoms with Gasteiger partial charge in [0.25, 0.3) is 11.6 Å². The SMILES string of the molecule is COC(=O)c1ccc(NC(=O)c2ccc([N+](=O)[O-])cc2)cc1. The smallest absolute Gasteiger partial charge is 0.337 e. The summed E-state index contributed by atoms with van der Waals surface area (Å²) in [5.74, 6) is -0.867. The molecule has 1 amide bonds. The van der Waals surface area contributed by atoms with E-state index in [-0.39, 0.29) is 5.69 Å². The van der Waals surface area contributed by atoms with Crippen LogP contribution in [0, 0.1) is 10.1 Å². The van der Waals surface area contributed by atoms with Gasteiger partial charge in [0, 0.05) is 23.4 Å². The normalized spacial score (nSPS) is 9.86. The first-order valence-electron chi connectivity index (χ1n) is 6.25. The first-order valence-corrected chi connectivity index (χ1v) is 6.25. The van der Waals surface area contributed by atoms with Crippen molar-refractivity contribution in [2.24, 2.45) is 0 Å². The van der Waals surface area contributed by atoms with Gasteiger partial charge in [-0.3, -0.25) is 14.9 Å². The first-order chi connectivity index (χ1) is 10.5. The average molecular weight is 300 g/mol. The van der Waals surface area contributed by atoms with E-state index < -0.39 is 16.8 Å². The maximum absolute atomic E-state index is 12.0. The number of carbonyl (C=O) groups is 2. The Morgan fingerprint density at radius 1 is 1.00 bits per heavy atom. The van der Waals surface area contributed by atoms with Crippen molar-refractivity contribution in [1.82, 2.24) is 0 Å². The minimum atomic E-state index is -0.535. The van der Waals surface area contributed by atoms with Gasteiger partial charge in [0.15, 0.2) is 0 Å². The van der Waals surface area contributed by atoms with Crippen molar-refractivity contribution in [2.75, 3.05) is 12.4 Å². The highest BCUT2D eigenvalue weighted by molar-refractivity contribution is 6.04. The summed E-state index contributed by atoms with van der Waals surface area (Å²) in [7, 11) is 1.28. The fourth-order valence-electron chi connectivity index (χ4n) is 1.75. The zero-order valence-electron chi connectivity index (χ0n) is 11.6. The average Bonchev–Trinajstić information content (AvgIpc) is 2.54. The summed E-state index contributed by atoms with van der Waals surface area (Å²) >= 11 is 0. The largest absolute Gasteiger partial charge is 0.465 e. The molecule has 112 valence electrons. The molecule has 0 saturated carbocycles. The minimum absolute atomic E-state index is 0.0843. The third-order valence-corrected chi connectivity index (χ3v) is 2.90. The number of benzene rings is 2. The number of esters is 1. The van der Waals surface area contributed by atoms with Crippen LogP contribution in [0.2, 0.25) is 0 Å². The van der Waals surface area contributed by atoms with Gasteiger partial charge in [-0.2, -0.15) is 0 Å². The number of nitrogens with zero attached hydrogens (tertiary/aromatic N) is 1. The second-order valence-electron chi connectivity index (χ2n) is 4.33. The van der Waals surface area contributed by atoms with Crippen molar-refractivity contribution >= 4 is 23.3 Å². The lowest BCUT2D eigenvalue weighted by molar-refractivity contribution is -0.384. The molecule has 22 heavy (non-hydrogen) atoms. The molecule has 2 rings (SSSR count). The van der Waals surface area contributed by atoms with E-state index in [1.165, 1.54) is 43.5 Å². The number of carbonyl (C=O) groups excluding carboxylic acids is 2. The van der Waals surface area contributed by atoms with Gasteiger partial charge >= 0.3 is 5.97 Å². The van der Waals surface area contributed by atoms with Crippen LogP contribution < -0.4 is 5.32 Å². The van der Waals surface area contributed by atoms with E-state index in [2.05, 4.69) is 10.1 Å². The van der Waals surface area contributed by atoms with Crippen molar-refractivity contribution in [3.05, 3.63) is 69.8 Å². The summed E-state index contributed by atoms with van der Waals surface area (Å²) in [5, 5.41) is 13.2. The summed E-state index contributed by atoms with van der Waals surface area (Å²) in [4.78, 5) is 33.3. The van der Waals surface area contributed by atoms with E-state index in [1.54, 1.807) is 12.1 Å². The molecule has 7 nitrogen and oxygen atoms in total. The number of nitro benzene ring substituents is 1. The predicted molar refractivity (Wildman–Crippen MR) is 78.8 cm³/mol. The van der Waals surface area contributed by atoms with Crippen molar-refractivity contribution in [2.45, 2.75) is 0 Å². The van der Waals surface area contributed by atoms with Crippen LogP contribution in [0.1, 0.15) is 20.7 Å². The van der Waals surface area contributed by atoms with Gasteiger partial charge < -0.3 is 10.1 Å². The number of methoxy groups -OCH3 is 1. The highest BCUT2D eigenvalue weighted by atomic mass is 16.6. The zero-order valence-corrected chi connectivity index (χ0v) is 11.6. The van der Waals surface area contributed by atoms with Gasteiger partial charge in [-0.1, -0.05) is 0 Å². The molecule has 0 fully saturated rings. The fraction of sp³-hybridized carbons (Fsp3) is 0.0667. The van der Waals surface area contributed by atoms with Crippen LogP contribution in [0.25, 0.3) is 0 Å². The Kier molecular flexibility index (Phi) is 4.47. The summed E-state index contributed by atoms with van der Waals surface area (Å²) < 4.78 is 4.58. The van der Waals surface area contributed by atoms with Crippen molar-refractivity contribution in [3.8, 4) is 0 Å². The Bertz CT molecular complexity index is 708. The van der Waals surface area contributed by atoms with E-state index in [0.29, 0.717) is 16.8 Å². The highest BCUT2D eigenvalue weighted by Gasteiger charge is 2.10. The number of nitro groups is 1. The lowest BCUT2D eigenvalue weighted by Crippen LogP contribution is -2.12. The Balaban J connectivity index is 2.08. The number of hydrogen-bond donors (Lipinski definition) is 1. The second kappa shape index (κ2) is 6.49. The topological polar surface area (TPSA) is 98.5 Å². The molecule has 0 saturated heterocycles. The van der Waals surface area contributed by atoms with Crippen LogP contribution in [0.5, 0.6) is 0 Å². The van der Waals surface area contributed by atoms with E-state index >= 15 is 0 Å². The van der Waals surface area contributed by atoms with E-state index in [9.17, 15) is 19.7 Å². The Hall–Kier alpha value is -3.22. The first kappa shape index (κ1) is 15.2. The van der Waals surface area contributed by atoms with Crippen molar-refractivity contribution < 1.29 is 19.2 Å². The molecular formula is C15H12N2O5. The Morgan fingerprint density at radius 3 is 2.05 bits per heavy atom. The van der Waals surface area contributed by atoms with Crippen LogP contribution in [0.15, 0.2) is 48.5 Å². The van der Waals surface area contributed by atoms with Crippen molar-refractivity contribution in [3.63, 3.8) is 0 Å². The van der Waals surface area contributed by atoms with E-state index in [1.807, 2.05) is 0 Å². The molecule has 2 aromatic carbocycles. The molecule has 0 aromatic heterocycles. The molecule has 0 heterocycles. The number of nitrogens with one attached hydrogen (secondary N) is 1. The molecule has 0 radical (unpaired) electrons. The Labute approximate surface area is 125 Å². The molecule has 0 aliphatic heterocycles. The standard InChI is InChI=1S/C15H12N2O5/c1-22-15(19)11-2-6-12(7-3-11)16-14(18)10-4-8-13(9-5-10)17(20)21/h2-9H,1H3,(H,16,18). The predicted octanol–water partition coefficient (Wildman–Crippen LogP) is 2.63. The molecule has 0 unspecified atom stereocenters. The van der Waals surface area contributed by atoms with Crippen LogP contribution in [-0.2, 0) is 4.74 Å². The zero-order chi connectivity index (χ0) is 16.1. The number of non-ortho nitro benzene ring substituents is 1. The van der Waals surface area contributed by atoms with E-state index in [4.69, 9.17) is 0 Å². The monoisotopic (exact) mass is 300 g/mol. The lowest BCUT2D eigenvalue weighted by Gasteiger charge is -2.06. The van der Waals surface area contributed by atoms with Crippen LogP contribution >= 0.6 is 0 Å². The summed E-state index contributed by atoms with van der Waals surface area (Å²) in [5.41, 5.74) is 1.08. The number of rotatable bonds is 4. The number of ether oxygens (including phenoxy) is 1. The molecular weight excluding hydrogens is 288 g/mol. The summed E-state index contributed by atoms with van der Waals surface area (Å²) in [6.07, 6.45) is 0. The van der Waals surface area contributed by atoms with Gasteiger partial charge in [0.2, 0.25) is 0 Å². The minimum Gasteiger partial charge on any atom is -0.465 e. The maximum atomic E-state index is 12.0. The molecule has 0 spiro atoms. The lowest BCUT2D eigenvalue weighted by atomic mass is 10.1. The second-order valence-corrected chi connectivity index (χ2v) is 4.33. The van der Waals surface area contributed by atoms with Crippen LogP contribution in [-0.4, -0.2) is 23.9 Å². The summed E-state index contributed by atoms with van der Waals surface area (Å²) in [6.45, 7) is 0. The van der Waals surface area contributed by atoms with Gasteiger partial charge in [-0.05, 0) is 36.4 Å². The number of anilines is 1. The van der Waals surface area contributed by atoms with Crippen LogP contribution in [0.4, 0.5) is 11.4 Å². The van der Waals surface area contributed by atoms with E-state index in [0.717, 1.165) is 0 Å². The maximum Gasteiger partial charge on any atom is 0.337 e.